The maximum Gasteiger partial charge on any atom is 0.149 e. The molecule has 0 aliphatic carbocycles. The fourth-order valence-corrected chi connectivity index (χ4v) is 1.55. The van der Waals surface area contributed by atoms with Gasteiger partial charge in [0.15, 0.2) is 0 Å². The van der Waals surface area contributed by atoms with Gasteiger partial charge in [-0.1, -0.05) is 0 Å². The molecular weight excluding hydrogens is 202 g/mol. The fraction of sp³-hybridized carbons (Fsp3) is 0.250. The lowest BCUT2D eigenvalue weighted by Gasteiger charge is -2.14. The van der Waals surface area contributed by atoms with Gasteiger partial charge in [0.05, 0.1) is 12.0 Å². The molecule has 0 aliphatic heterocycles. The van der Waals surface area contributed by atoms with Crippen LogP contribution in [0.2, 0.25) is 0 Å². The number of nitrogen functional groups attached to an aromatic ring is 1. The topological polar surface area (TPSA) is 64.1 Å². The second-order valence-electron chi connectivity index (χ2n) is 3.77. The average molecular weight is 217 g/mol. The highest BCUT2D eigenvalue weighted by molar-refractivity contribution is 5.60. The van der Waals surface area contributed by atoms with Crippen LogP contribution in [-0.4, -0.2) is 11.0 Å². The van der Waals surface area contributed by atoms with Crippen LogP contribution in [0.1, 0.15) is 12.7 Å². The Kier molecular flexibility index (Phi) is 3.10. The lowest BCUT2D eigenvalue weighted by molar-refractivity contribution is 0.497. The molecule has 0 fully saturated rings. The summed E-state index contributed by atoms with van der Waals surface area (Å²) in [5.41, 5.74) is 6.45. The van der Waals surface area contributed by atoms with E-state index in [1.54, 1.807) is 12.5 Å². The predicted molar refractivity (Wildman–Crippen MR) is 64.1 cm³/mol. The highest BCUT2D eigenvalue weighted by Gasteiger charge is 2.07. The summed E-state index contributed by atoms with van der Waals surface area (Å²) < 4.78 is 5.28. The lowest BCUT2D eigenvalue weighted by Crippen LogP contribution is -2.19. The van der Waals surface area contributed by atoms with E-state index >= 15 is 0 Å². The quantitative estimate of drug-likeness (QED) is 0.824. The second kappa shape index (κ2) is 4.70. The summed E-state index contributed by atoms with van der Waals surface area (Å²) in [6.07, 6.45) is 4.21. The van der Waals surface area contributed by atoms with Crippen LogP contribution < -0.4 is 11.1 Å². The molecule has 4 heteroatoms. The Morgan fingerprint density at radius 2 is 2.31 bits per heavy atom. The highest BCUT2D eigenvalue weighted by Crippen LogP contribution is 2.15. The molecule has 0 saturated carbocycles. The summed E-state index contributed by atoms with van der Waals surface area (Å²) >= 11 is 0. The van der Waals surface area contributed by atoms with Crippen molar-refractivity contribution >= 4 is 11.5 Å². The van der Waals surface area contributed by atoms with Crippen LogP contribution in [0.25, 0.3) is 0 Å². The molecule has 16 heavy (non-hydrogen) atoms. The number of hydrogen-bond acceptors (Lipinski definition) is 4. The molecule has 0 saturated heterocycles. The van der Waals surface area contributed by atoms with E-state index < -0.39 is 0 Å². The van der Waals surface area contributed by atoms with Gasteiger partial charge < -0.3 is 15.5 Å². The molecule has 2 aromatic rings. The highest BCUT2D eigenvalue weighted by atomic mass is 16.3. The van der Waals surface area contributed by atoms with Gasteiger partial charge in [-0.05, 0) is 31.2 Å². The molecule has 2 rings (SSSR count). The number of nitrogens with zero attached hydrogens (tertiary/aromatic N) is 1. The Hall–Kier alpha value is -1.97. The van der Waals surface area contributed by atoms with Crippen LogP contribution in [0.3, 0.4) is 0 Å². The first-order valence-corrected chi connectivity index (χ1v) is 5.25. The van der Waals surface area contributed by atoms with E-state index in [1.807, 2.05) is 24.3 Å². The molecule has 0 spiro atoms. The zero-order valence-electron chi connectivity index (χ0n) is 9.18. The van der Waals surface area contributed by atoms with Gasteiger partial charge >= 0.3 is 0 Å². The zero-order chi connectivity index (χ0) is 11.4. The number of rotatable bonds is 4. The van der Waals surface area contributed by atoms with Crippen molar-refractivity contribution in [1.82, 2.24) is 4.98 Å². The van der Waals surface area contributed by atoms with Crippen LogP contribution in [0.5, 0.6) is 0 Å². The Bertz CT molecular complexity index is 439. The SMILES string of the molecule is CC(Cc1ccco1)Nc1ncccc1N. The van der Waals surface area contributed by atoms with Gasteiger partial charge in [-0.3, -0.25) is 0 Å². The van der Waals surface area contributed by atoms with Crippen molar-refractivity contribution in [1.29, 1.82) is 0 Å². The molecule has 2 heterocycles. The Labute approximate surface area is 94.5 Å². The average Bonchev–Trinajstić information content (AvgIpc) is 2.74. The van der Waals surface area contributed by atoms with Crippen LogP contribution in [0, 0.1) is 0 Å². The van der Waals surface area contributed by atoms with Crippen molar-refractivity contribution in [3.05, 3.63) is 42.5 Å². The minimum Gasteiger partial charge on any atom is -0.469 e. The number of pyridine rings is 1. The summed E-state index contributed by atoms with van der Waals surface area (Å²) in [6.45, 7) is 2.07. The number of hydrogen-bond donors (Lipinski definition) is 2. The third-order valence-electron chi connectivity index (χ3n) is 2.31. The van der Waals surface area contributed by atoms with Crippen molar-refractivity contribution in [2.24, 2.45) is 0 Å². The van der Waals surface area contributed by atoms with E-state index in [4.69, 9.17) is 10.2 Å². The molecule has 4 nitrogen and oxygen atoms in total. The minimum atomic E-state index is 0.225. The molecule has 0 radical (unpaired) electrons. The van der Waals surface area contributed by atoms with E-state index in [0.717, 1.165) is 18.0 Å². The largest absolute Gasteiger partial charge is 0.469 e. The first-order chi connectivity index (χ1) is 7.75. The molecule has 84 valence electrons. The lowest BCUT2D eigenvalue weighted by atomic mass is 10.2. The van der Waals surface area contributed by atoms with Crippen LogP contribution in [0.4, 0.5) is 11.5 Å². The molecule has 0 bridgehead atoms. The van der Waals surface area contributed by atoms with E-state index in [-0.39, 0.29) is 6.04 Å². The number of furan rings is 1. The summed E-state index contributed by atoms with van der Waals surface area (Å²) in [5.74, 6) is 1.68. The minimum absolute atomic E-state index is 0.225. The van der Waals surface area contributed by atoms with Gasteiger partial charge in [-0.25, -0.2) is 4.98 Å². The standard InChI is InChI=1S/C12H15N3O/c1-9(8-10-4-3-7-16-10)15-12-11(13)5-2-6-14-12/h2-7,9H,8,13H2,1H3,(H,14,15). The van der Waals surface area contributed by atoms with Crippen LogP contribution in [0.15, 0.2) is 41.1 Å². The van der Waals surface area contributed by atoms with Gasteiger partial charge in [0.2, 0.25) is 0 Å². The fourth-order valence-electron chi connectivity index (χ4n) is 1.55. The number of anilines is 2. The van der Waals surface area contributed by atoms with Gasteiger partial charge in [0.25, 0.3) is 0 Å². The molecule has 1 unspecified atom stereocenters. The summed E-state index contributed by atoms with van der Waals surface area (Å²) in [5, 5.41) is 3.25. The van der Waals surface area contributed by atoms with Crippen molar-refractivity contribution in [3.8, 4) is 0 Å². The predicted octanol–water partition coefficient (Wildman–Crippen LogP) is 2.30. The van der Waals surface area contributed by atoms with Gasteiger partial charge in [0, 0.05) is 18.7 Å². The third kappa shape index (κ3) is 2.53. The first-order valence-electron chi connectivity index (χ1n) is 5.25. The zero-order valence-corrected chi connectivity index (χ0v) is 9.18. The summed E-state index contributed by atoms with van der Waals surface area (Å²) in [4.78, 5) is 4.18. The Morgan fingerprint density at radius 1 is 1.44 bits per heavy atom. The molecule has 2 aromatic heterocycles. The van der Waals surface area contributed by atoms with E-state index in [1.165, 1.54) is 0 Å². The van der Waals surface area contributed by atoms with Gasteiger partial charge in [-0.2, -0.15) is 0 Å². The van der Waals surface area contributed by atoms with Gasteiger partial charge in [0.1, 0.15) is 11.6 Å². The normalized spacial score (nSPS) is 12.3. The Balaban J connectivity index is 1.97. The molecule has 0 aliphatic rings. The van der Waals surface area contributed by atoms with E-state index in [0.29, 0.717) is 5.69 Å². The van der Waals surface area contributed by atoms with Crippen LogP contribution >= 0.6 is 0 Å². The monoisotopic (exact) mass is 217 g/mol. The molecule has 0 amide bonds. The maximum atomic E-state index is 5.79. The van der Waals surface area contributed by atoms with Crippen molar-refractivity contribution in [2.45, 2.75) is 19.4 Å². The van der Waals surface area contributed by atoms with Gasteiger partial charge in [-0.15, -0.1) is 0 Å². The summed E-state index contributed by atoms with van der Waals surface area (Å²) in [6, 6.07) is 7.72. The van der Waals surface area contributed by atoms with Crippen molar-refractivity contribution in [2.75, 3.05) is 11.1 Å². The summed E-state index contributed by atoms with van der Waals surface area (Å²) in [7, 11) is 0. The molecule has 1 atom stereocenters. The first kappa shape index (κ1) is 10.5. The second-order valence-corrected chi connectivity index (χ2v) is 3.77. The Morgan fingerprint density at radius 3 is 3.00 bits per heavy atom. The third-order valence-corrected chi connectivity index (χ3v) is 2.31. The van der Waals surface area contributed by atoms with E-state index in [9.17, 15) is 0 Å². The van der Waals surface area contributed by atoms with Crippen LogP contribution in [-0.2, 0) is 6.42 Å². The number of aromatic nitrogens is 1. The number of nitrogens with one attached hydrogen (secondary N) is 1. The number of nitrogens with two attached hydrogens (primary N) is 1. The maximum absolute atomic E-state index is 5.79. The van der Waals surface area contributed by atoms with Crippen molar-refractivity contribution in [3.63, 3.8) is 0 Å². The molecule has 3 N–H and O–H groups in total. The molecular formula is C12H15N3O. The van der Waals surface area contributed by atoms with E-state index in [2.05, 4.69) is 17.2 Å². The smallest absolute Gasteiger partial charge is 0.149 e. The van der Waals surface area contributed by atoms with Crippen molar-refractivity contribution < 1.29 is 4.42 Å². The molecule has 0 aromatic carbocycles.